The second-order valence-corrected chi connectivity index (χ2v) is 5.30. The van der Waals surface area contributed by atoms with Gasteiger partial charge in [-0.05, 0) is 43.5 Å². The molecule has 4 heteroatoms. The van der Waals surface area contributed by atoms with Crippen LogP contribution < -0.4 is 5.73 Å². The van der Waals surface area contributed by atoms with E-state index in [1.54, 1.807) is 0 Å². The predicted molar refractivity (Wildman–Crippen MR) is 70.8 cm³/mol. The van der Waals surface area contributed by atoms with Gasteiger partial charge in [-0.15, -0.1) is 0 Å². The van der Waals surface area contributed by atoms with Crippen molar-refractivity contribution >= 4 is 5.91 Å². The molecule has 18 heavy (non-hydrogen) atoms. The Hall–Kier alpha value is -1.42. The third-order valence-corrected chi connectivity index (χ3v) is 3.53. The van der Waals surface area contributed by atoms with Gasteiger partial charge in [-0.1, -0.05) is 6.92 Å². The molecule has 1 aromatic rings. The first-order chi connectivity index (χ1) is 8.51. The van der Waals surface area contributed by atoms with Crippen molar-refractivity contribution in [2.45, 2.75) is 40.3 Å². The monoisotopic (exact) mass is 247 g/mol. The Balaban J connectivity index is 2.10. The smallest absolute Gasteiger partial charge is 0.223 e. The first-order valence-corrected chi connectivity index (χ1v) is 6.45. The SMILES string of the molecule is Cc1cc(C)c2c(n1)CN(C(=O)CC(C)CN)C2. The Morgan fingerprint density at radius 3 is 2.89 bits per heavy atom. The van der Waals surface area contributed by atoms with Gasteiger partial charge < -0.3 is 10.6 Å². The highest BCUT2D eigenvalue weighted by molar-refractivity contribution is 5.77. The maximum absolute atomic E-state index is 12.1. The van der Waals surface area contributed by atoms with Gasteiger partial charge in [0.05, 0.1) is 12.2 Å². The van der Waals surface area contributed by atoms with Gasteiger partial charge in [0.15, 0.2) is 0 Å². The number of hydrogen-bond acceptors (Lipinski definition) is 3. The zero-order chi connectivity index (χ0) is 13.3. The van der Waals surface area contributed by atoms with E-state index in [9.17, 15) is 4.79 Å². The van der Waals surface area contributed by atoms with E-state index >= 15 is 0 Å². The zero-order valence-electron chi connectivity index (χ0n) is 11.4. The van der Waals surface area contributed by atoms with E-state index in [-0.39, 0.29) is 11.8 Å². The molecule has 2 N–H and O–H groups in total. The minimum absolute atomic E-state index is 0.183. The fourth-order valence-electron chi connectivity index (χ4n) is 2.40. The molecule has 0 saturated carbocycles. The number of carbonyl (C=O) groups is 1. The Morgan fingerprint density at radius 1 is 1.50 bits per heavy atom. The summed E-state index contributed by atoms with van der Waals surface area (Å²) in [5, 5.41) is 0. The average molecular weight is 247 g/mol. The molecular weight excluding hydrogens is 226 g/mol. The quantitative estimate of drug-likeness (QED) is 0.881. The fourth-order valence-corrected chi connectivity index (χ4v) is 2.40. The third kappa shape index (κ3) is 2.53. The number of aromatic nitrogens is 1. The molecule has 1 aromatic heterocycles. The highest BCUT2D eigenvalue weighted by Gasteiger charge is 2.26. The molecule has 0 aliphatic carbocycles. The molecule has 1 amide bonds. The Morgan fingerprint density at radius 2 is 2.22 bits per heavy atom. The van der Waals surface area contributed by atoms with Crippen LogP contribution in [0, 0.1) is 19.8 Å². The minimum atomic E-state index is 0.183. The van der Waals surface area contributed by atoms with E-state index in [4.69, 9.17) is 5.73 Å². The van der Waals surface area contributed by atoms with Gasteiger partial charge in [-0.3, -0.25) is 9.78 Å². The number of rotatable bonds is 3. The van der Waals surface area contributed by atoms with Gasteiger partial charge in [0.1, 0.15) is 0 Å². The topological polar surface area (TPSA) is 59.2 Å². The van der Waals surface area contributed by atoms with Gasteiger partial charge in [0.2, 0.25) is 5.91 Å². The number of pyridine rings is 1. The van der Waals surface area contributed by atoms with Crippen molar-refractivity contribution < 1.29 is 4.79 Å². The highest BCUT2D eigenvalue weighted by atomic mass is 16.2. The maximum Gasteiger partial charge on any atom is 0.223 e. The number of aryl methyl sites for hydroxylation is 2. The van der Waals surface area contributed by atoms with Crippen LogP contribution in [0.4, 0.5) is 0 Å². The molecule has 1 unspecified atom stereocenters. The normalized spacial score (nSPS) is 15.7. The number of amides is 1. The standard InChI is InChI=1S/C14H21N3O/c1-9(6-15)4-14(18)17-7-12-10(2)5-11(3)16-13(12)8-17/h5,9H,4,6-8,15H2,1-3H3. The van der Waals surface area contributed by atoms with Gasteiger partial charge in [0.25, 0.3) is 0 Å². The van der Waals surface area contributed by atoms with E-state index in [0.717, 1.165) is 11.4 Å². The van der Waals surface area contributed by atoms with Crippen LogP contribution in [-0.4, -0.2) is 22.3 Å². The summed E-state index contributed by atoms with van der Waals surface area (Å²) < 4.78 is 0. The van der Waals surface area contributed by atoms with Crippen LogP contribution in [-0.2, 0) is 17.9 Å². The molecule has 1 aliphatic rings. The number of carbonyl (C=O) groups excluding carboxylic acids is 1. The molecule has 2 heterocycles. The molecule has 2 rings (SSSR count). The summed E-state index contributed by atoms with van der Waals surface area (Å²) in [6, 6.07) is 2.08. The second-order valence-electron chi connectivity index (χ2n) is 5.30. The van der Waals surface area contributed by atoms with Crippen LogP contribution in [0.2, 0.25) is 0 Å². The lowest BCUT2D eigenvalue weighted by Gasteiger charge is -2.17. The average Bonchev–Trinajstić information content (AvgIpc) is 2.72. The number of hydrogen-bond donors (Lipinski definition) is 1. The zero-order valence-corrected chi connectivity index (χ0v) is 11.4. The van der Waals surface area contributed by atoms with Gasteiger partial charge in [-0.25, -0.2) is 0 Å². The largest absolute Gasteiger partial charge is 0.332 e. The van der Waals surface area contributed by atoms with Crippen molar-refractivity contribution in [3.05, 3.63) is 28.6 Å². The highest BCUT2D eigenvalue weighted by Crippen LogP contribution is 2.25. The molecule has 0 fully saturated rings. The Labute approximate surface area is 108 Å². The van der Waals surface area contributed by atoms with Crippen molar-refractivity contribution in [1.82, 2.24) is 9.88 Å². The van der Waals surface area contributed by atoms with Crippen molar-refractivity contribution in [3.63, 3.8) is 0 Å². The molecule has 0 spiro atoms. The number of nitrogens with zero attached hydrogens (tertiary/aromatic N) is 2. The minimum Gasteiger partial charge on any atom is -0.332 e. The molecule has 0 bridgehead atoms. The summed E-state index contributed by atoms with van der Waals surface area (Å²) in [5.74, 6) is 0.431. The summed E-state index contributed by atoms with van der Waals surface area (Å²) in [5.41, 5.74) is 10.1. The van der Waals surface area contributed by atoms with E-state index in [1.165, 1.54) is 11.1 Å². The maximum atomic E-state index is 12.1. The molecular formula is C14H21N3O. The van der Waals surface area contributed by atoms with Crippen molar-refractivity contribution in [2.24, 2.45) is 11.7 Å². The van der Waals surface area contributed by atoms with Crippen LogP contribution in [0.25, 0.3) is 0 Å². The first kappa shape index (κ1) is 13.0. The van der Waals surface area contributed by atoms with Crippen LogP contribution in [0.1, 0.15) is 35.9 Å². The van der Waals surface area contributed by atoms with Gasteiger partial charge in [-0.2, -0.15) is 0 Å². The molecule has 4 nitrogen and oxygen atoms in total. The molecule has 0 aromatic carbocycles. The fraction of sp³-hybridized carbons (Fsp3) is 0.571. The predicted octanol–water partition coefficient (Wildman–Crippen LogP) is 1.53. The van der Waals surface area contributed by atoms with Crippen LogP contribution in [0.3, 0.4) is 0 Å². The van der Waals surface area contributed by atoms with E-state index in [1.807, 2.05) is 18.7 Å². The lowest BCUT2D eigenvalue weighted by molar-refractivity contribution is -0.132. The summed E-state index contributed by atoms with van der Waals surface area (Å²) >= 11 is 0. The van der Waals surface area contributed by atoms with Gasteiger partial charge in [0, 0.05) is 18.7 Å². The lowest BCUT2D eigenvalue weighted by Crippen LogP contribution is -2.28. The molecule has 0 saturated heterocycles. The summed E-state index contributed by atoms with van der Waals surface area (Å²) in [7, 11) is 0. The van der Waals surface area contributed by atoms with E-state index in [0.29, 0.717) is 26.1 Å². The van der Waals surface area contributed by atoms with Crippen molar-refractivity contribution in [1.29, 1.82) is 0 Å². The Bertz CT molecular complexity index is 470. The lowest BCUT2D eigenvalue weighted by atomic mass is 10.1. The van der Waals surface area contributed by atoms with E-state index < -0.39 is 0 Å². The number of fused-ring (bicyclic) bond motifs is 1. The van der Waals surface area contributed by atoms with Crippen LogP contribution >= 0.6 is 0 Å². The summed E-state index contributed by atoms with van der Waals surface area (Å²) in [6.07, 6.45) is 0.530. The molecule has 1 aliphatic heterocycles. The third-order valence-electron chi connectivity index (χ3n) is 3.53. The summed E-state index contributed by atoms with van der Waals surface area (Å²) in [4.78, 5) is 18.5. The van der Waals surface area contributed by atoms with Crippen molar-refractivity contribution in [2.75, 3.05) is 6.54 Å². The first-order valence-electron chi connectivity index (χ1n) is 6.45. The molecule has 1 atom stereocenters. The number of nitrogens with two attached hydrogens (primary N) is 1. The Kier molecular flexibility index (Phi) is 3.66. The molecule has 0 radical (unpaired) electrons. The van der Waals surface area contributed by atoms with Crippen LogP contribution in [0.5, 0.6) is 0 Å². The summed E-state index contributed by atoms with van der Waals surface area (Å²) in [6.45, 7) is 7.99. The van der Waals surface area contributed by atoms with Crippen molar-refractivity contribution in [3.8, 4) is 0 Å². The van der Waals surface area contributed by atoms with E-state index in [2.05, 4.69) is 18.0 Å². The second kappa shape index (κ2) is 5.06. The van der Waals surface area contributed by atoms with Crippen LogP contribution in [0.15, 0.2) is 6.07 Å². The molecule has 98 valence electrons. The van der Waals surface area contributed by atoms with Gasteiger partial charge >= 0.3 is 0 Å².